The summed E-state index contributed by atoms with van der Waals surface area (Å²) in [5.74, 6) is 2.69. The minimum absolute atomic E-state index is 0.0269. The number of nitrogens with zero attached hydrogens (tertiary/aromatic N) is 11. The first-order chi connectivity index (χ1) is 71.2. The topological polar surface area (TPSA) is 199 Å². The van der Waals surface area contributed by atoms with Crippen LogP contribution in [0.25, 0.3) is 84.4 Å². The first-order valence-corrected chi connectivity index (χ1v) is 48.4. The highest BCUT2D eigenvalue weighted by Crippen LogP contribution is 2.38. The van der Waals surface area contributed by atoms with Gasteiger partial charge in [-0.3, -0.25) is 4.79 Å². The summed E-state index contributed by atoms with van der Waals surface area (Å²) in [5.41, 5.74) is 19.3. The maximum absolute atomic E-state index is 13.1. The number of hydrogen-bond donors (Lipinski definition) is 0. The molecule has 14 aromatic carbocycles. The fourth-order valence-corrected chi connectivity index (χ4v) is 15.7. The molecule has 0 N–H and O–H groups in total. The van der Waals surface area contributed by atoms with Crippen LogP contribution in [-0.4, -0.2) is 31.4 Å². The molecule has 146 heavy (non-hydrogen) atoms. The highest BCUT2D eigenvalue weighted by molar-refractivity contribution is 6.04. The predicted molar refractivity (Wildman–Crippen MR) is 588 cm³/mol. The Morgan fingerprint density at radius 2 is 0.548 bits per heavy atom. The van der Waals surface area contributed by atoms with Gasteiger partial charge in [0.2, 0.25) is 0 Å². The minimum Gasteiger partial charge on any atom is -0.493 e. The van der Waals surface area contributed by atoms with Gasteiger partial charge in [-0.1, -0.05) is 405 Å². The van der Waals surface area contributed by atoms with Crippen LogP contribution in [0.3, 0.4) is 0 Å². The molecule has 0 aromatic heterocycles. The maximum atomic E-state index is 13.1. The SMILES string of the molecule is [C-]#[N+]/C(C#N)=C(\c1ccccc1)c1ccc(OCC(CC)CCCC)cc1.[C-]#[N+]/C(C#N)=C(\c1ccccc1)c1ccc2ccccc2c1.[C-]#[N+]/C(C(=O)OCC(CC)CCCC)=C(\c1ccccc1)c1ccc(-c2ccccc2)cc1.[C-]#[N+]C(C#N)=C(c1ccc(C)cc1)c1ccc(C)cc1.[C-]#[N+]C(C#N)=C(c1ccc(OC(C)C)cc1)c1ccc(OC(C)C)cc1.[C-]#[N+]C(C#N)=C(c1ccccc1)c1ccccc1. The molecule has 0 aliphatic heterocycles. The summed E-state index contributed by atoms with van der Waals surface area (Å²) in [4.78, 5) is 33.6. The lowest BCUT2D eigenvalue weighted by Gasteiger charge is -2.16. The Balaban J connectivity index is 0.000000197. The Morgan fingerprint density at radius 3 is 0.856 bits per heavy atom. The van der Waals surface area contributed by atoms with Gasteiger partial charge in [-0.15, -0.1) is 0 Å². The van der Waals surface area contributed by atoms with Crippen LogP contribution < -0.4 is 14.2 Å². The summed E-state index contributed by atoms with van der Waals surface area (Å²) < 4.78 is 22.9. The van der Waals surface area contributed by atoms with Crippen LogP contribution in [0.4, 0.5) is 0 Å². The van der Waals surface area contributed by atoms with E-state index in [4.69, 9.17) is 63.6 Å². The summed E-state index contributed by atoms with van der Waals surface area (Å²) in [5, 5.41) is 48.6. The number of aryl methyl sites for hydroxylation is 2. The van der Waals surface area contributed by atoms with E-state index in [0.717, 1.165) is 156 Å². The first-order valence-electron chi connectivity index (χ1n) is 48.4. The zero-order chi connectivity index (χ0) is 105. The molecule has 0 bridgehead atoms. The second-order valence-corrected chi connectivity index (χ2v) is 34.3. The van der Waals surface area contributed by atoms with Crippen molar-refractivity contribution in [2.24, 2.45) is 11.8 Å². The molecule has 720 valence electrons. The van der Waals surface area contributed by atoms with Crippen molar-refractivity contribution in [1.82, 2.24) is 0 Å². The molecule has 0 fully saturated rings. The lowest BCUT2D eigenvalue weighted by atomic mass is 9.94. The molecule has 0 saturated carbocycles. The molecule has 2 atom stereocenters. The fraction of sp³-hybridized carbons (Fsp3) is 0.185. The summed E-state index contributed by atoms with van der Waals surface area (Å²) >= 11 is 0. The number of allylic oxidation sites excluding steroid dienone is 5. The average Bonchev–Trinajstić information content (AvgIpc) is 0.803. The number of carbonyl (C=O) groups excluding carboxylic acids is 1. The predicted octanol–water partition coefficient (Wildman–Crippen LogP) is 33.2. The maximum Gasteiger partial charge on any atom is 0.336 e. The molecule has 14 rings (SSSR count). The first kappa shape index (κ1) is 111. The molecule has 0 amide bonds. The molecule has 2 unspecified atom stereocenters. The second kappa shape index (κ2) is 60.1. The third-order valence-corrected chi connectivity index (χ3v) is 23.3. The summed E-state index contributed by atoms with van der Waals surface area (Å²) in [6.07, 6.45) is 9.16. The number of hydrogen-bond acceptors (Lipinski definition) is 10. The lowest BCUT2D eigenvalue weighted by molar-refractivity contribution is -0.140. The van der Waals surface area contributed by atoms with Gasteiger partial charge in [0.25, 0.3) is 34.2 Å². The van der Waals surface area contributed by atoms with Crippen LogP contribution in [0.15, 0.2) is 404 Å². The highest BCUT2D eigenvalue weighted by Gasteiger charge is 2.24. The molecule has 0 aliphatic carbocycles. The van der Waals surface area contributed by atoms with Crippen LogP contribution >= 0.6 is 0 Å². The van der Waals surface area contributed by atoms with Crippen molar-refractivity contribution in [1.29, 1.82) is 26.3 Å². The highest BCUT2D eigenvalue weighted by atomic mass is 16.5. The Morgan fingerprint density at radius 1 is 0.288 bits per heavy atom. The van der Waals surface area contributed by atoms with Gasteiger partial charge in [0.05, 0.1) is 95.2 Å². The number of ether oxygens (including phenoxy) is 4. The van der Waals surface area contributed by atoms with Gasteiger partial charge in [-0.25, -0.2) is 55.4 Å². The summed E-state index contributed by atoms with van der Waals surface area (Å²) in [6.45, 7) is 65.8. The van der Waals surface area contributed by atoms with Gasteiger partial charge in [-0.05, 0) is 197 Å². The van der Waals surface area contributed by atoms with E-state index in [-0.39, 0.29) is 46.4 Å². The second-order valence-electron chi connectivity index (χ2n) is 34.3. The van der Waals surface area contributed by atoms with E-state index in [1.54, 1.807) is 0 Å². The quantitative estimate of drug-likeness (QED) is 0.0174. The normalized spacial score (nSPS) is 11.0. The van der Waals surface area contributed by atoms with Crippen molar-refractivity contribution in [3.05, 3.63) is 551 Å². The van der Waals surface area contributed by atoms with Crippen molar-refractivity contribution < 1.29 is 23.7 Å². The third-order valence-electron chi connectivity index (χ3n) is 23.3. The fourth-order valence-electron chi connectivity index (χ4n) is 15.7. The summed E-state index contributed by atoms with van der Waals surface area (Å²) in [6, 6.07) is 128. The van der Waals surface area contributed by atoms with E-state index in [0.29, 0.717) is 51.9 Å². The summed E-state index contributed by atoms with van der Waals surface area (Å²) in [7, 11) is 0. The Hall–Kier alpha value is -19.0. The zero-order valence-corrected chi connectivity index (χ0v) is 84.1. The van der Waals surface area contributed by atoms with Crippen molar-refractivity contribution in [2.45, 2.75) is 133 Å². The molecule has 0 spiro atoms. The molecule has 0 radical (unpaired) electrons. The van der Waals surface area contributed by atoms with E-state index in [1.165, 1.54) is 19.3 Å². The van der Waals surface area contributed by atoms with E-state index in [9.17, 15) is 25.8 Å². The van der Waals surface area contributed by atoms with Gasteiger partial charge in [-0.2, -0.15) is 0 Å². The number of benzene rings is 14. The number of rotatable bonds is 31. The van der Waals surface area contributed by atoms with Crippen molar-refractivity contribution in [3.8, 4) is 58.7 Å². The van der Waals surface area contributed by atoms with Gasteiger partial charge in [0, 0.05) is 33.4 Å². The van der Waals surface area contributed by atoms with Crippen molar-refractivity contribution in [3.63, 3.8) is 0 Å². The Bertz CT molecular complexity index is 7140. The molecule has 0 saturated heterocycles. The number of esters is 1. The van der Waals surface area contributed by atoms with Crippen LogP contribution in [0.2, 0.25) is 0 Å². The van der Waals surface area contributed by atoms with E-state index < -0.39 is 5.97 Å². The number of fused-ring (bicyclic) bond motifs is 1. The van der Waals surface area contributed by atoms with E-state index in [2.05, 4.69) is 68.9 Å². The third kappa shape index (κ3) is 33.1. The van der Waals surface area contributed by atoms with Crippen LogP contribution in [0, 0.1) is 122 Å². The molecule has 0 aliphatic rings. The van der Waals surface area contributed by atoms with E-state index >= 15 is 0 Å². The largest absolute Gasteiger partial charge is 0.493 e. The zero-order valence-electron chi connectivity index (χ0n) is 84.1. The number of unbranched alkanes of at least 4 members (excludes halogenated alkanes) is 2. The van der Waals surface area contributed by atoms with Gasteiger partial charge in [0.1, 0.15) is 17.2 Å². The van der Waals surface area contributed by atoms with Crippen molar-refractivity contribution in [2.75, 3.05) is 13.2 Å². The molecular weight excluding hydrogens is 1800 g/mol. The molecular formula is C130H115N11O5. The van der Waals surface area contributed by atoms with Gasteiger partial charge in [0.15, 0.2) is 0 Å². The van der Waals surface area contributed by atoms with Crippen molar-refractivity contribution >= 4 is 50.2 Å². The van der Waals surface area contributed by atoms with Gasteiger partial charge >= 0.3 is 5.97 Å². The standard InChI is InChI=1S/C30H31NO2.C24H26N2O.C22H22N2O2.C20H12N2.C18H14N2.C16H10N2/c1-4-6-13-23(5-2)22-33-30(32)29(31-3)28(26-16-11-8-12-17-26)27-20-18-25(19-21-27)24-14-9-7-10-15-24;1-4-6-10-19(5-2)18-27-22-15-13-21(14-16-22)24(23(17-25)26-3)20-11-8-7-9-12-20;1-15(2)25-19-10-6-17(7-11-19)22(21(14-23)24-5)18-8-12-20(13-9-18)26-16(3)4;1-22-19(14-21)20(16-8-3-2-4-9-16)18-12-11-15-7-5-6-10-17(15)13-18;1-13-4-8-15(9-5-13)18(17(12-19)20-3)16-10-6-14(2)7-11-16;1-18-15(12-17)16(13-8-4-2-5-9-13)14-10-6-3-7-11-14/h7-12,14-21,23H,4-6,13,22H2,1-2H3;7-9,11-16,19H,4-6,10,18H2,1-2H3;6-13,15-16H,1-4H3;2-13H;4-11H,1-2H3;2-11H/b29-28+;24-23+;;20-19+;;. The number of nitriles is 5. The van der Waals surface area contributed by atoms with Gasteiger partial charge < -0.3 is 18.9 Å². The van der Waals surface area contributed by atoms with Crippen LogP contribution in [-0.2, 0) is 9.53 Å². The number of carbonyl (C=O) groups is 1. The van der Waals surface area contributed by atoms with E-state index in [1.807, 2.05) is 430 Å². The molecule has 0 heterocycles. The average molecular weight is 1910 g/mol. The molecule has 16 heteroatoms. The smallest absolute Gasteiger partial charge is 0.336 e. The Kier molecular flexibility index (Phi) is 45.6. The Labute approximate surface area is 861 Å². The molecule has 16 nitrogen and oxygen atoms in total. The minimum atomic E-state index is -0.550. The van der Waals surface area contributed by atoms with Crippen LogP contribution in [0.1, 0.15) is 185 Å². The van der Waals surface area contributed by atoms with Crippen LogP contribution in [0.5, 0.6) is 17.2 Å². The lowest BCUT2D eigenvalue weighted by Crippen LogP contribution is -2.15. The monoisotopic (exact) mass is 1910 g/mol. The molecule has 14 aromatic rings.